The highest BCUT2D eigenvalue weighted by Gasteiger charge is 2.02. The van der Waals surface area contributed by atoms with Gasteiger partial charge in [0, 0.05) is 37.1 Å². The number of hydrogen-bond donors (Lipinski definition) is 1. The quantitative estimate of drug-likeness (QED) is 0.751. The minimum absolute atomic E-state index is 0.770. The summed E-state index contributed by atoms with van der Waals surface area (Å²) in [5, 5.41) is 6.71. The summed E-state index contributed by atoms with van der Waals surface area (Å²) in [6.45, 7) is 4.48. The second-order valence-electron chi connectivity index (χ2n) is 4.22. The standard InChI is InChI=1S/C15H20N2OS/c1-2-18-11-9-15-17-14(12-19-15)8-10-16-13-6-4-3-5-7-13/h3-7,12,16H,2,8-11H2,1H3. The van der Waals surface area contributed by atoms with Crippen LogP contribution in [0.15, 0.2) is 35.7 Å². The van der Waals surface area contributed by atoms with Crippen LogP contribution in [0.3, 0.4) is 0 Å². The number of ether oxygens (including phenoxy) is 1. The van der Waals surface area contributed by atoms with Gasteiger partial charge < -0.3 is 10.1 Å². The van der Waals surface area contributed by atoms with E-state index in [-0.39, 0.29) is 0 Å². The molecule has 0 unspecified atom stereocenters. The Morgan fingerprint density at radius 2 is 2.05 bits per heavy atom. The van der Waals surface area contributed by atoms with Crippen molar-refractivity contribution in [3.8, 4) is 0 Å². The normalized spacial score (nSPS) is 10.6. The molecule has 0 amide bonds. The van der Waals surface area contributed by atoms with Gasteiger partial charge in [-0.15, -0.1) is 11.3 Å². The van der Waals surface area contributed by atoms with Crippen molar-refractivity contribution < 1.29 is 4.74 Å². The molecule has 4 heteroatoms. The third-order valence-corrected chi connectivity index (χ3v) is 3.71. The minimum Gasteiger partial charge on any atom is -0.385 e. The fourth-order valence-corrected chi connectivity index (χ4v) is 2.59. The third kappa shape index (κ3) is 5.01. The van der Waals surface area contributed by atoms with E-state index < -0.39 is 0 Å². The van der Waals surface area contributed by atoms with Gasteiger partial charge in [-0.05, 0) is 19.1 Å². The van der Waals surface area contributed by atoms with Crippen molar-refractivity contribution in [2.75, 3.05) is 25.1 Å². The molecule has 0 bridgehead atoms. The lowest BCUT2D eigenvalue weighted by atomic mass is 10.3. The molecule has 1 heterocycles. The van der Waals surface area contributed by atoms with Gasteiger partial charge in [0.05, 0.1) is 17.3 Å². The molecular formula is C15H20N2OS. The summed E-state index contributed by atoms with van der Waals surface area (Å²) >= 11 is 1.73. The van der Waals surface area contributed by atoms with Crippen LogP contribution in [0.1, 0.15) is 17.6 Å². The number of benzene rings is 1. The zero-order valence-electron chi connectivity index (χ0n) is 11.3. The van der Waals surface area contributed by atoms with Crippen LogP contribution in [0.2, 0.25) is 0 Å². The first-order valence-corrected chi connectivity index (χ1v) is 7.56. The van der Waals surface area contributed by atoms with Gasteiger partial charge in [-0.1, -0.05) is 18.2 Å². The summed E-state index contributed by atoms with van der Waals surface area (Å²) in [7, 11) is 0. The number of nitrogens with one attached hydrogen (secondary N) is 1. The van der Waals surface area contributed by atoms with Crippen LogP contribution in [0.5, 0.6) is 0 Å². The van der Waals surface area contributed by atoms with Gasteiger partial charge in [0.2, 0.25) is 0 Å². The lowest BCUT2D eigenvalue weighted by Crippen LogP contribution is -2.05. The van der Waals surface area contributed by atoms with Crippen molar-refractivity contribution in [1.82, 2.24) is 4.98 Å². The van der Waals surface area contributed by atoms with Crippen LogP contribution in [0, 0.1) is 0 Å². The van der Waals surface area contributed by atoms with Gasteiger partial charge in [-0.3, -0.25) is 0 Å². The second kappa shape index (κ2) is 7.92. The molecule has 102 valence electrons. The van der Waals surface area contributed by atoms with Gasteiger partial charge in [0.25, 0.3) is 0 Å². The Hall–Kier alpha value is -1.39. The molecule has 0 radical (unpaired) electrons. The summed E-state index contributed by atoms with van der Waals surface area (Å²) in [5.41, 5.74) is 2.33. The summed E-state index contributed by atoms with van der Waals surface area (Å²) in [6.07, 6.45) is 1.88. The van der Waals surface area contributed by atoms with Crippen LogP contribution >= 0.6 is 11.3 Å². The number of para-hydroxylation sites is 1. The van der Waals surface area contributed by atoms with Crippen molar-refractivity contribution in [3.63, 3.8) is 0 Å². The smallest absolute Gasteiger partial charge is 0.0951 e. The van der Waals surface area contributed by atoms with Gasteiger partial charge in [-0.25, -0.2) is 4.98 Å². The van der Waals surface area contributed by atoms with Crippen molar-refractivity contribution >= 4 is 17.0 Å². The van der Waals surface area contributed by atoms with Crippen LogP contribution in [-0.4, -0.2) is 24.7 Å². The summed E-state index contributed by atoms with van der Waals surface area (Å²) < 4.78 is 5.34. The molecule has 1 aromatic carbocycles. The molecule has 0 aliphatic heterocycles. The molecule has 1 N–H and O–H groups in total. The van der Waals surface area contributed by atoms with Gasteiger partial charge in [-0.2, -0.15) is 0 Å². The molecule has 0 aliphatic rings. The van der Waals surface area contributed by atoms with Crippen molar-refractivity contribution in [2.45, 2.75) is 19.8 Å². The molecule has 0 fully saturated rings. The minimum atomic E-state index is 0.770. The molecule has 3 nitrogen and oxygen atoms in total. The molecule has 19 heavy (non-hydrogen) atoms. The maximum Gasteiger partial charge on any atom is 0.0951 e. The molecule has 2 aromatic rings. The van der Waals surface area contributed by atoms with E-state index in [2.05, 4.69) is 27.8 Å². The Labute approximate surface area is 118 Å². The van der Waals surface area contributed by atoms with Crippen LogP contribution in [-0.2, 0) is 17.6 Å². The van der Waals surface area contributed by atoms with Crippen LogP contribution in [0.4, 0.5) is 5.69 Å². The monoisotopic (exact) mass is 276 g/mol. The van der Waals surface area contributed by atoms with Gasteiger partial charge >= 0.3 is 0 Å². The first-order chi connectivity index (χ1) is 9.38. The number of hydrogen-bond acceptors (Lipinski definition) is 4. The van der Waals surface area contributed by atoms with Gasteiger partial charge in [0.1, 0.15) is 0 Å². The van der Waals surface area contributed by atoms with Crippen molar-refractivity contribution in [3.05, 3.63) is 46.4 Å². The Morgan fingerprint density at radius 1 is 1.21 bits per heavy atom. The predicted octanol–water partition coefficient (Wildman–Crippen LogP) is 3.38. The third-order valence-electron chi connectivity index (χ3n) is 2.75. The first-order valence-electron chi connectivity index (χ1n) is 6.68. The Balaban J connectivity index is 1.71. The van der Waals surface area contributed by atoms with Crippen LogP contribution < -0.4 is 5.32 Å². The van der Waals surface area contributed by atoms with Crippen molar-refractivity contribution in [2.24, 2.45) is 0 Å². The first kappa shape index (κ1) is 14.0. The highest BCUT2D eigenvalue weighted by molar-refractivity contribution is 7.09. The molecule has 1 aromatic heterocycles. The molecule has 0 saturated heterocycles. The zero-order valence-corrected chi connectivity index (χ0v) is 12.1. The maximum absolute atomic E-state index is 5.34. The van der Waals surface area contributed by atoms with E-state index >= 15 is 0 Å². The molecule has 2 rings (SSSR count). The fraction of sp³-hybridized carbons (Fsp3) is 0.400. The van der Waals surface area contributed by atoms with Crippen molar-refractivity contribution in [1.29, 1.82) is 0 Å². The molecule has 0 saturated carbocycles. The van der Waals surface area contributed by atoms with E-state index in [9.17, 15) is 0 Å². The van der Waals surface area contributed by atoms with Crippen LogP contribution in [0.25, 0.3) is 0 Å². The SMILES string of the molecule is CCOCCc1nc(CCNc2ccccc2)cs1. The van der Waals surface area contributed by atoms with E-state index in [1.807, 2.05) is 25.1 Å². The average molecular weight is 276 g/mol. The molecule has 0 aliphatic carbocycles. The fourth-order valence-electron chi connectivity index (χ4n) is 1.77. The predicted molar refractivity (Wildman–Crippen MR) is 80.9 cm³/mol. The highest BCUT2D eigenvalue weighted by atomic mass is 32.1. The number of thiazole rings is 1. The number of anilines is 1. The molecule has 0 atom stereocenters. The topological polar surface area (TPSA) is 34.1 Å². The van der Waals surface area contributed by atoms with Gasteiger partial charge in [0.15, 0.2) is 0 Å². The Morgan fingerprint density at radius 3 is 2.84 bits per heavy atom. The maximum atomic E-state index is 5.34. The lowest BCUT2D eigenvalue weighted by Gasteiger charge is -2.04. The molecular weight excluding hydrogens is 256 g/mol. The largest absolute Gasteiger partial charge is 0.385 e. The van der Waals surface area contributed by atoms with E-state index in [4.69, 9.17) is 4.74 Å². The highest BCUT2D eigenvalue weighted by Crippen LogP contribution is 2.12. The zero-order chi connectivity index (χ0) is 13.3. The molecule has 0 spiro atoms. The Kier molecular flexibility index (Phi) is 5.85. The second-order valence-corrected chi connectivity index (χ2v) is 5.16. The lowest BCUT2D eigenvalue weighted by molar-refractivity contribution is 0.151. The number of aromatic nitrogens is 1. The van der Waals surface area contributed by atoms with E-state index in [0.29, 0.717) is 0 Å². The number of rotatable bonds is 8. The van der Waals surface area contributed by atoms with E-state index in [0.717, 1.165) is 38.3 Å². The average Bonchev–Trinajstić information content (AvgIpc) is 2.88. The summed E-state index contributed by atoms with van der Waals surface area (Å²) in [6, 6.07) is 10.3. The number of nitrogens with zero attached hydrogens (tertiary/aromatic N) is 1. The summed E-state index contributed by atoms with van der Waals surface area (Å²) in [4.78, 5) is 4.61. The van der Waals surface area contributed by atoms with E-state index in [1.54, 1.807) is 11.3 Å². The van der Waals surface area contributed by atoms with E-state index in [1.165, 1.54) is 10.7 Å². The summed E-state index contributed by atoms with van der Waals surface area (Å²) in [5.74, 6) is 0. The Bertz CT molecular complexity index is 470.